The Balaban J connectivity index is 1.71. The van der Waals surface area contributed by atoms with Crippen molar-refractivity contribution in [2.45, 2.75) is 39.7 Å². The molecule has 0 amide bonds. The number of rotatable bonds is 9. The van der Waals surface area contributed by atoms with E-state index in [4.69, 9.17) is 14.5 Å². The third kappa shape index (κ3) is 6.27. The third-order valence-corrected chi connectivity index (χ3v) is 6.89. The Morgan fingerprint density at radius 1 is 1.11 bits per heavy atom. The Morgan fingerprint density at radius 3 is 2.65 bits per heavy atom. The zero-order valence-corrected chi connectivity index (χ0v) is 23.8. The highest BCUT2D eigenvalue weighted by Crippen LogP contribution is 2.37. The molecule has 0 bridgehead atoms. The number of aromatic nitrogens is 2. The Kier molecular flexibility index (Phi) is 8.76. The van der Waals surface area contributed by atoms with E-state index in [0.29, 0.717) is 50.4 Å². The quantitative estimate of drug-likeness (QED) is 0.180. The van der Waals surface area contributed by atoms with Gasteiger partial charge in [-0.15, -0.1) is 0 Å². The van der Waals surface area contributed by atoms with Crippen LogP contribution < -0.4 is 15.0 Å². The lowest BCUT2D eigenvalue weighted by molar-refractivity contribution is 0.267. The van der Waals surface area contributed by atoms with Gasteiger partial charge in [-0.2, -0.15) is 9.78 Å². The molecular formula is C28H26Br2FN3O3. The number of ether oxygens (including phenoxy) is 2. The summed E-state index contributed by atoms with van der Waals surface area (Å²) in [6.45, 7) is 6.54. The summed E-state index contributed by atoms with van der Waals surface area (Å²) < 4.78 is 28.1. The number of nitrogens with zero attached hydrogens (tertiary/aromatic N) is 3. The van der Waals surface area contributed by atoms with Gasteiger partial charge in [-0.1, -0.05) is 41.9 Å². The van der Waals surface area contributed by atoms with Gasteiger partial charge in [0, 0.05) is 10.4 Å². The van der Waals surface area contributed by atoms with Crippen molar-refractivity contribution < 1.29 is 13.9 Å². The number of halogens is 3. The fourth-order valence-corrected chi connectivity index (χ4v) is 4.69. The third-order valence-electron chi connectivity index (χ3n) is 5.81. The first-order chi connectivity index (χ1) is 17.8. The summed E-state index contributed by atoms with van der Waals surface area (Å²) in [4.78, 5) is 18.1. The molecule has 0 saturated heterocycles. The zero-order valence-electron chi connectivity index (χ0n) is 20.7. The molecule has 4 aromatic rings. The fraction of sp³-hybridized carbons (Fsp3) is 0.250. The maximum atomic E-state index is 13.6. The average molecular weight is 631 g/mol. The normalized spacial score (nSPS) is 12.3. The molecule has 3 aromatic carbocycles. The predicted octanol–water partition coefficient (Wildman–Crippen LogP) is 7.43. The SMILES string of the molecule is CCOc1cc(C=Nn2c([C@@H](C)CC)nc3ccc(Br)cc3c2=O)cc(Br)c1OCc1cccc(F)c1. The topological polar surface area (TPSA) is 65.7 Å². The summed E-state index contributed by atoms with van der Waals surface area (Å²) in [5.41, 5.74) is 1.80. The molecule has 0 spiro atoms. The van der Waals surface area contributed by atoms with E-state index in [9.17, 15) is 9.18 Å². The standard InChI is InChI=1S/C28H26Br2FN3O3/c1-4-17(3)27-33-24-10-9-20(29)14-22(24)28(35)34(27)32-15-19-12-23(30)26(25(13-19)36-5-2)37-16-18-7-6-8-21(31)11-18/h6-15,17H,4-5,16H2,1-3H3/t17-/m0/s1. The molecule has 1 heterocycles. The zero-order chi connectivity index (χ0) is 26.5. The van der Waals surface area contributed by atoms with E-state index in [0.717, 1.165) is 10.9 Å². The van der Waals surface area contributed by atoms with Crippen molar-refractivity contribution in [3.05, 3.63) is 96.7 Å². The Labute approximate surface area is 231 Å². The second-order valence-corrected chi connectivity index (χ2v) is 10.3. The molecule has 6 nitrogen and oxygen atoms in total. The van der Waals surface area contributed by atoms with Crippen molar-refractivity contribution >= 4 is 49.0 Å². The minimum absolute atomic E-state index is 0.0298. The lowest BCUT2D eigenvalue weighted by atomic mass is 10.1. The van der Waals surface area contributed by atoms with E-state index < -0.39 is 0 Å². The summed E-state index contributed by atoms with van der Waals surface area (Å²) in [5.74, 6) is 1.31. The second kappa shape index (κ2) is 12.0. The molecular weight excluding hydrogens is 605 g/mol. The Morgan fingerprint density at radius 2 is 1.92 bits per heavy atom. The number of fused-ring (bicyclic) bond motifs is 1. The van der Waals surface area contributed by atoms with Crippen molar-refractivity contribution in [2.75, 3.05) is 6.61 Å². The van der Waals surface area contributed by atoms with Crippen LogP contribution in [0.2, 0.25) is 0 Å². The summed E-state index contributed by atoms with van der Waals surface area (Å²) in [6, 6.07) is 15.3. The van der Waals surface area contributed by atoms with E-state index in [1.165, 1.54) is 16.8 Å². The molecule has 0 aliphatic rings. The van der Waals surface area contributed by atoms with Gasteiger partial charge in [0.15, 0.2) is 11.5 Å². The minimum atomic E-state index is -0.320. The van der Waals surface area contributed by atoms with Crippen LogP contribution in [0, 0.1) is 5.82 Å². The van der Waals surface area contributed by atoms with Crippen LogP contribution in [0.1, 0.15) is 50.1 Å². The number of benzene rings is 3. The highest BCUT2D eigenvalue weighted by Gasteiger charge is 2.16. The molecule has 37 heavy (non-hydrogen) atoms. The first-order valence-electron chi connectivity index (χ1n) is 11.9. The smallest absolute Gasteiger partial charge is 0.282 e. The average Bonchev–Trinajstić information content (AvgIpc) is 2.87. The van der Waals surface area contributed by atoms with Gasteiger partial charge < -0.3 is 9.47 Å². The number of hydrogen-bond donors (Lipinski definition) is 0. The molecule has 0 N–H and O–H groups in total. The maximum Gasteiger partial charge on any atom is 0.282 e. The van der Waals surface area contributed by atoms with E-state index in [1.807, 2.05) is 39.0 Å². The first-order valence-corrected chi connectivity index (χ1v) is 13.5. The van der Waals surface area contributed by atoms with Crippen LogP contribution in [-0.2, 0) is 6.61 Å². The largest absolute Gasteiger partial charge is 0.490 e. The molecule has 4 rings (SSSR count). The van der Waals surface area contributed by atoms with Crippen LogP contribution >= 0.6 is 31.9 Å². The van der Waals surface area contributed by atoms with Crippen LogP contribution in [0.5, 0.6) is 11.5 Å². The molecule has 0 unspecified atom stereocenters. The van der Waals surface area contributed by atoms with Gasteiger partial charge in [-0.05, 0) is 82.9 Å². The number of hydrogen-bond acceptors (Lipinski definition) is 5. The van der Waals surface area contributed by atoms with E-state index in [1.54, 1.807) is 30.5 Å². The molecule has 0 aliphatic heterocycles. The van der Waals surface area contributed by atoms with Gasteiger partial charge in [-0.25, -0.2) is 9.37 Å². The summed E-state index contributed by atoms with van der Waals surface area (Å²) >= 11 is 6.99. The van der Waals surface area contributed by atoms with Crippen molar-refractivity contribution in [3.63, 3.8) is 0 Å². The lowest BCUT2D eigenvalue weighted by Gasteiger charge is -2.15. The molecule has 1 aromatic heterocycles. The summed E-state index contributed by atoms with van der Waals surface area (Å²) in [6.07, 6.45) is 2.41. The monoisotopic (exact) mass is 629 g/mol. The van der Waals surface area contributed by atoms with Crippen molar-refractivity contribution in [3.8, 4) is 11.5 Å². The first kappa shape index (κ1) is 27.0. The van der Waals surface area contributed by atoms with E-state index in [2.05, 4.69) is 37.0 Å². The molecule has 0 saturated carbocycles. The van der Waals surface area contributed by atoms with E-state index in [-0.39, 0.29) is 23.9 Å². The van der Waals surface area contributed by atoms with Crippen molar-refractivity contribution in [1.82, 2.24) is 9.66 Å². The van der Waals surface area contributed by atoms with Gasteiger partial charge in [0.25, 0.3) is 5.56 Å². The van der Waals surface area contributed by atoms with Gasteiger partial charge >= 0.3 is 0 Å². The highest BCUT2D eigenvalue weighted by atomic mass is 79.9. The van der Waals surface area contributed by atoms with Crippen molar-refractivity contribution in [2.24, 2.45) is 5.10 Å². The van der Waals surface area contributed by atoms with Crippen LogP contribution in [0.25, 0.3) is 10.9 Å². The minimum Gasteiger partial charge on any atom is -0.490 e. The van der Waals surface area contributed by atoms with Gasteiger partial charge in [0.1, 0.15) is 18.2 Å². The van der Waals surface area contributed by atoms with E-state index >= 15 is 0 Å². The molecule has 0 fully saturated rings. The second-order valence-electron chi connectivity index (χ2n) is 8.48. The van der Waals surface area contributed by atoms with Gasteiger partial charge in [0.05, 0.1) is 28.2 Å². The fourth-order valence-electron chi connectivity index (χ4n) is 3.75. The van der Waals surface area contributed by atoms with Crippen LogP contribution in [0.4, 0.5) is 4.39 Å². The lowest BCUT2D eigenvalue weighted by Crippen LogP contribution is -2.23. The van der Waals surface area contributed by atoms with Crippen LogP contribution in [0.3, 0.4) is 0 Å². The molecule has 0 aliphatic carbocycles. The van der Waals surface area contributed by atoms with Crippen LogP contribution in [-0.4, -0.2) is 22.5 Å². The molecule has 1 atom stereocenters. The highest BCUT2D eigenvalue weighted by molar-refractivity contribution is 9.10. The Bertz CT molecular complexity index is 1520. The summed E-state index contributed by atoms with van der Waals surface area (Å²) in [7, 11) is 0. The van der Waals surface area contributed by atoms with Crippen LogP contribution in [0.15, 0.2) is 73.4 Å². The maximum absolute atomic E-state index is 13.6. The predicted molar refractivity (Wildman–Crippen MR) is 151 cm³/mol. The summed E-state index contributed by atoms with van der Waals surface area (Å²) in [5, 5.41) is 5.02. The van der Waals surface area contributed by atoms with Gasteiger partial charge in [0.2, 0.25) is 0 Å². The molecule has 9 heteroatoms. The van der Waals surface area contributed by atoms with Crippen molar-refractivity contribution in [1.29, 1.82) is 0 Å². The molecule has 0 radical (unpaired) electrons. The Hall–Kier alpha value is -3.04. The molecule has 192 valence electrons. The van der Waals surface area contributed by atoms with Gasteiger partial charge in [-0.3, -0.25) is 4.79 Å².